The van der Waals surface area contributed by atoms with E-state index in [0.29, 0.717) is 6.42 Å². The second-order valence-corrected chi connectivity index (χ2v) is 1.91. The number of hydrogen-bond donors (Lipinski definition) is 2. The van der Waals surface area contributed by atoms with Crippen LogP contribution in [-0.4, -0.2) is 17.5 Å². The van der Waals surface area contributed by atoms with Crippen molar-refractivity contribution in [1.82, 2.24) is 0 Å². The number of hydrogen-bond acceptors (Lipinski definition) is 2. The lowest BCUT2D eigenvalue weighted by atomic mass is 10.4. The molecule has 0 aromatic rings. The molecule has 3 N–H and O–H groups in total. The summed E-state index contributed by atoms with van der Waals surface area (Å²) in [5, 5.41) is 8.40. The van der Waals surface area contributed by atoms with Crippen LogP contribution in [0.1, 0.15) is 6.42 Å². The molecule has 7 heavy (non-hydrogen) atoms. The quantitative estimate of drug-likeness (QED) is 0.446. The van der Waals surface area contributed by atoms with Gasteiger partial charge in [0.2, 0.25) is 0 Å². The zero-order valence-corrected chi connectivity index (χ0v) is 3.84. The van der Waals surface area contributed by atoms with Crippen LogP contribution in [0.3, 0.4) is 0 Å². The Morgan fingerprint density at radius 2 is 2.29 bits per heavy atom. The molecule has 0 heterocycles. The van der Waals surface area contributed by atoms with E-state index in [4.69, 9.17) is 10.8 Å². The molecule has 1 rings (SSSR count). The maximum atomic E-state index is 11.8. The normalized spacial score (nSPS) is 43.3. The number of halogens is 1. The molecule has 3 atom stereocenters. The monoisotopic (exact) mass is 105 g/mol. The van der Waals surface area contributed by atoms with Crippen LogP contribution >= 0.6 is 0 Å². The first-order chi connectivity index (χ1) is 3.22. The van der Waals surface area contributed by atoms with Gasteiger partial charge in [-0.15, -0.1) is 0 Å². The minimum Gasteiger partial charge on any atom is -0.378 e. The van der Waals surface area contributed by atoms with Crippen molar-refractivity contribution in [3.8, 4) is 0 Å². The Labute approximate surface area is 41.1 Å². The summed E-state index contributed by atoms with van der Waals surface area (Å²) in [4.78, 5) is 0. The summed E-state index contributed by atoms with van der Waals surface area (Å²) in [6, 6.07) is 0. The SMILES string of the molecule is NC(O)C1CC1F. The van der Waals surface area contributed by atoms with Gasteiger partial charge >= 0.3 is 0 Å². The molecule has 3 heteroatoms. The Morgan fingerprint density at radius 1 is 1.86 bits per heavy atom. The molecule has 3 unspecified atom stereocenters. The maximum Gasteiger partial charge on any atom is 0.108 e. The Balaban J connectivity index is 2.20. The first-order valence-corrected chi connectivity index (χ1v) is 2.29. The molecule has 0 bridgehead atoms. The molecule has 42 valence electrons. The van der Waals surface area contributed by atoms with Gasteiger partial charge in [-0.05, 0) is 6.42 Å². The summed E-state index contributed by atoms with van der Waals surface area (Å²) >= 11 is 0. The molecule has 0 saturated heterocycles. The van der Waals surface area contributed by atoms with E-state index >= 15 is 0 Å². The molecule has 1 aliphatic carbocycles. The number of nitrogens with two attached hydrogens (primary N) is 1. The van der Waals surface area contributed by atoms with Crippen LogP contribution in [0.15, 0.2) is 0 Å². The summed E-state index contributed by atoms with van der Waals surface area (Å²) < 4.78 is 11.8. The van der Waals surface area contributed by atoms with Crippen LogP contribution in [-0.2, 0) is 0 Å². The van der Waals surface area contributed by atoms with Gasteiger partial charge in [0.15, 0.2) is 0 Å². The van der Waals surface area contributed by atoms with Gasteiger partial charge in [0.05, 0.1) is 0 Å². The van der Waals surface area contributed by atoms with Gasteiger partial charge in [-0.25, -0.2) is 4.39 Å². The third-order valence-corrected chi connectivity index (χ3v) is 1.20. The third-order valence-electron chi connectivity index (χ3n) is 1.20. The number of aliphatic hydroxyl groups excluding tert-OH is 1. The fraction of sp³-hybridized carbons (Fsp3) is 1.00. The van der Waals surface area contributed by atoms with Gasteiger partial charge in [0.1, 0.15) is 12.4 Å². The van der Waals surface area contributed by atoms with Crippen molar-refractivity contribution < 1.29 is 9.50 Å². The standard InChI is InChI=1S/C4H8FNO/c5-3-1-2(3)4(6)7/h2-4,7H,1,6H2. The average molecular weight is 105 g/mol. The first kappa shape index (κ1) is 5.00. The van der Waals surface area contributed by atoms with Gasteiger partial charge in [-0.1, -0.05) is 0 Å². The van der Waals surface area contributed by atoms with E-state index < -0.39 is 12.4 Å². The van der Waals surface area contributed by atoms with Gasteiger partial charge in [-0.2, -0.15) is 0 Å². The van der Waals surface area contributed by atoms with Crippen LogP contribution in [0.2, 0.25) is 0 Å². The fourth-order valence-corrected chi connectivity index (χ4v) is 0.535. The highest BCUT2D eigenvalue weighted by atomic mass is 19.1. The molecule has 0 aliphatic heterocycles. The highest BCUT2D eigenvalue weighted by Crippen LogP contribution is 2.34. The van der Waals surface area contributed by atoms with E-state index in [1.54, 1.807) is 0 Å². The van der Waals surface area contributed by atoms with E-state index in [1.165, 1.54) is 0 Å². The summed E-state index contributed by atoms with van der Waals surface area (Å²) in [7, 11) is 0. The predicted molar refractivity (Wildman–Crippen MR) is 23.2 cm³/mol. The van der Waals surface area contributed by atoms with Crippen LogP contribution < -0.4 is 5.73 Å². The molecule has 2 nitrogen and oxygen atoms in total. The van der Waals surface area contributed by atoms with Gasteiger partial charge in [0, 0.05) is 5.92 Å². The van der Waals surface area contributed by atoms with Crippen LogP contribution in [0.4, 0.5) is 4.39 Å². The molecule has 1 saturated carbocycles. The maximum absolute atomic E-state index is 11.8. The van der Waals surface area contributed by atoms with Crippen LogP contribution in [0.5, 0.6) is 0 Å². The third kappa shape index (κ3) is 0.894. The smallest absolute Gasteiger partial charge is 0.108 e. The Hall–Kier alpha value is -0.150. The van der Waals surface area contributed by atoms with Crippen molar-refractivity contribution in [2.24, 2.45) is 11.7 Å². The number of aliphatic hydroxyl groups is 1. The second kappa shape index (κ2) is 1.42. The molecular formula is C4H8FNO. The van der Waals surface area contributed by atoms with Gasteiger partial charge in [0.25, 0.3) is 0 Å². The van der Waals surface area contributed by atoms with Gasteiger partial charge in [-0.3, -0.25) is 0 Å². The lowest BCUT2D eigenvalue weighted by molar-refractivity contribution is 0.147. The lowest BCUT2D eigenvalue weighted by Crippen LogP contribution is -2.22. The summed E-state index contributed by atoms with van der Waals surface area (Å²) in [5.41, 5.74) is 4.90. The minimum atomic E-state index is -0.935. The van der Waals surface area contributed by atoms with Crippen molar-refractivity contribution in [2.45, 2.75) is 18.8 Å². The summed E-state index contributed by atoms with van der Waals surface area (Å²) in [5.74, 6) is -0.264. The van der Waals surface area contributed by atoms with Crippen molar-refractivity contribution in [2.75, 3.05) is 0 Å². The summed E-state index contributed by atoms with van der Waals surface area (Å²) in [6.45, 7) is 0. The lowest BCUT2D eigenvalue weighted by Gasteiger charge is -1.95. The predicted octanol–water partition coefficient (Wildman–Crippen LogP) is -0.379. The van der Waals surface area contributed by atoms with Gasteiger partial charge < -0.3 is 10.8 Å². The highest BCUT2D eigenvalue weighted by Gasteiger charge is 2.41. The Bertz CT molecular complexity index is 76.1. The average Bonchev–Trinajstić information content (AvgIpc) is 2.17. The highest BCUT2D eigenvalue weighted by molar-refractivity contribution is 4.89. The molecule has 1 fully saturated rings. The zero-order chi connectivity index (χ0) is 5.44. The number of alkyl halides is 1. The van der Waals surface area contributed by atoms with E-state index in [0.717, 1.165) is 0 Å². The fourth-order valence-electron chi connectivity index (χ4n) is 0.535. The zero-order valence-electron chi connectivity index (χ0n) is 3.84. The first-order valence-electron chi connectivity index (χ1n) is 2.29. The topological polar surface area (TPSA) is 46.2 Å². The van der Waals surface area contributed by atoms with Crippen molar-refractivity contribution in [3.63, 3.8) is 0 Å². The van der Waals surface area contributed by atoms with Crippen molar-refractivity contribution >= 4 is 0 Å². The second-order valence-electron chi connectivity index (χ2n) is 1.91. The van der Waals surface area contributed by atoms with E-state index in [1.807, 2.05) is 0 Å². The Morgan fingerprint density at radius 3 is 2.29 bits per heavy atom. The summed E-state index contributed by atoms with van der Waals surface area (Å²) in [6.07, 6.45) is -1.33. The molecule has 0 radical (unpaired) electrons. The molecule has 0 aromatic carbocycles. The molecule has 0 aromatic heterocycles. The molecule has 1 aliphatic rings. The molecule has 0 amide bonds. The Kier molecular flexibility index (Phi) is 1.01. The molecular weight excluding hydrogens is 97.0 g/mol. The van der Waals surface area contributed by atoms with E-state index in [2.05, 4.69) is 0 Å². The van der Waals surface area contributed by atoms with Crippen molar-refractivity contribution in [3.05, 3.63) is 0 Å². The minimum absolute atomic E-state index is 0.264. The van der Waals surface area contributed by atoms with Crippen LogP contribution in [0.25, 0.3) is 0 Å². The van der Waals surface area contributed by atoms with E-state index in [-0.39, 0.29) is 5.92 Å². The largest absolute Gasteiger partial charge is 0.378 e. The number of rotatable bonds is 1. The van der Waals surface area contributed by atoms with Crippen LogP contribution in [0, 0.1) is 5.92 Å². The molecule has 0 spiro atoms. The van der Waals surface area contributed by atoms with Crippen molar-refractivity contribution in [1.29, 1.82) is 0 Å². The van der Waals surface area contributed by atoms with E-state index in [9.17, 15) is 4.39 Å².